The summed E-state index contributed by atoms with van der Waals surface area (Å²) in [6.45, 7) is 1.78. The van der Waals surface area contributed by atoms with Gasteiger partial charge in [-0.25, -0.2) is 9.78 Å². The van der Waals surface area contributed by atoms with Gasteiger partial charge in [-0.2, -0.15) is 0 Å². The van der Waals surface area contributed by atoms with Gasteiger partial charge >= 0.3 is 5.97 Å². The topological polar surface area (TPSA) is 66.0 Å². The average molecular weight is 237 g/mol. The van der Waals surface area contributed by atoms with Crippen LogP contribution in [0.15, 0.2) is 24.3 Å². The quantitative estimate of drug-likeness (QED) is 0.843. The SMILES string of the molecule is Cc1[nH]c(C(=O)O)nc1-c1ccc(Cl)cc1. The smallest absolute Gasteiger partial charge is 0.371 e. The van der Waals surface area contributed by atoms with Crippen molar-refractivity contribution in [3.8, 4) is 11.3 Å². The standard InChI is InChI=1S/C11H9ClN2O2/c1-6-9(14-10(13-6)11(15)16)7-2-4-8(12)5-3-7/h2-5H,1H3,(H,13,14)(H,15,16). The maximum atomic E-state index is 10.7. The summed E-state index contributed by atoms with van der Waals surface area (Å²) in [6.07, 6.45) is 0. The Morgan fingerprint density at radius 1 is 1.38 bits per heavy atom. The van der Waals surface area contributed by atoms with Gasteiger partial charge in [0.1, 0.15) is 0 Å². The molecular weight excluding hydrogens is 228 g/mol. The normalized spacial score (nSPS) is 10.4. The summed E-state index contributed by atoms with van der Waals surface area (Å²) in [5.41, 5.74) is 2.19. The number of halogens is 1. The number of H-pyrrole nitrogens is 1. The van der Waals surface area contributed by atoms with Crippen LogP contribution in [0.25, 0.3) is 11.3 Å². The Morgan fingerprint density at radius 3 is 2.50 bits per heavy atom. The minimum Gasteiger partial charge on any atom is -0.475 e. The van der Waals surface area contributed by atoms with E-state index < -0.39 is 5.97 Å². The van der Waals surface area contributed by atoms with Crippen LogP contribution in [-0.2, 0) is 0 Å². The molecule has 0 amide bonds. The van der Waals surface area contributed by atoms with Gasteiger partial charge in [0, 0.05) is 16.3 Å². The first-order valence-corrected chi connectivity index (χ1v) is 5.01. The molecule has 5 heteroatoms. The molecule has 1 heterocycles. The first-order chi connectivity index (χ1) is 7.58. The molecule has 0 atom stereocenters. The maximum Gasteiger partial charge on any atom is 0.371 e. The molecule has 0 radical (unpaired) electrons. The number of nitrogens with one attached hydrogen (secondary N) is 1. The molecular formula is C11H9ClN2O2. The van der Waals surface area contributed by atoms with E-state index in [-0.39, 0.29) is 5.82 Å². The highest BCUT2D eigenvalue weighted by Gasteiger charge is 2.13. The number of hydrogen-bond donors (Lipinski definition) is 2. The number of carboxylic acids is 1. The molecule has 0 spiro atoms. The van der Waals surface area contributed by atoms with Crippen LogP contribution in [0.3, 0.4) is 0 Å². The van der Waals surface area contributed by atoms with Gasteiger partial charge in [0.15, 0.2) is 0 Å². The third-order valence-corrected chi connectivity index (χ3v) is 2.46. The molecule has 2 N–H and O–H groups in total. The van der Waals surface area contributed by atoms with Gasteiger partial charge in [-0.3, -0.25) is 0 Å². The number of benzene rings is 1. The predicted molar refractivity (Wildman–Crippen MR) is 60.7 cm³/mol. The number of aryl methyl sites for hydroxylation is 1. The van der Waals surface area contributed by atoms with E-state index in [4.69, 9.17) is 16.7 Å². The lowest BCUT2D eigenvalue weighted by atomic mass is 10.1. The molecule has 16 heavy (non-hydrogen) atoms. The number of imidazole rings is 1. The van der Waals surface area contributed by atoms with Gasteiger partial charge in [0.25, 0.3) is 0 Å². The Labute approximate surface area is 96.9 Å². The van der Waals surface area contributed by atoms with E-state index in [1.165, 1.54) is 0 Å². The van der Waals surface area contributed by atoms with E-state index in [1.54, 1.807) is 31.2 Å². The lowest BCUT2D eigenvalue weighted by Crippen LogP contribution is -1.98. The molecule has 0 aliphatic carbocycles. The fourth-order valence-electron chi connectivity index (χ4n) is 1.45. The van der Waals surface area contributed by atoms with Crippen LogP contribution in [0, 0.1) is 6.92 Å². The van der Waals surface area contributed by atoms with Crippen molar-refractivity contribution in [3.05, 3.63) is 40.8 Å². The molecule has 1 aromatic heterocycles. The van der Waals surface area contributed by atoms with Gasteiger partial charge < -0.3 is 10.1 Å². The van der Waals surface area contributed by atoms with Crippen molar-refractivity contribution >= 4 is 17.6 Å². The zero-order valence-corrected chi connectivity index (χ0v) is 9.25. The predicted octanol–water partition coefficient (Wildman–Crippen LogP) is 2.74. The molecule has 0 saturated heterocycles. The summed E-state index contributed by atoms with van der Waals surface area (Å²) in [7, 11) is 0. The zero-order valence-electron chi connectivity index (χ0n) is 8.49. The highest BCUT2D eigenvalue weighted by Crippen LogP contribution is 2.22. The summed E-state index contributed by atoms with van der Waals surface area (Å²) >= 11 is 5.77. The Hall–Kier alpha value is -1.81. The van der Waals surface area contributed by atoms with Crippen molar-refractivity contribution in [2.75, 3.05) is 0 Å². The monoisotopic (exact) mass is 236 g/mol. The number of aromatic nitrogens is 2. The van der Waals surface area contributed by atoms with Gasteiger partial charge in [-0.05, 0) is 19.1 Å². The molecule has 4 nitrogen and oxygen atoms in total. The molecule has 0 aliphatic rings. The first-order valence-electron chi connectivity index (χ1n) is 4.64. The summed E-state index contributed by atoms with van der Waals surface area (Å²) in [4.78, 5) is 17.5. The second-order valence-corrected chi connectivity index (χ2v) is 3.81. The van der Waals surface area contributed by atoms with Crippen molar-refractivity contribution in [2.45, 2.75) is 6.92 Å². The molecule has 1 aromatic carbocycles. The second kappa shape index (κ2) is 3.98. The maximum absolute atomic E-state index is 10.7. The minimum absolute atomic E-state index is 0.0533. The average Bonchev–Trinajstić information content (AvgIpc) is 2.62. The molecule has 0 bridgehead atoms. The molecule has 2 rings (SSSR count). The van der Waals surface area contributed by atoms with Crippen LogP contribution in [0.5, 0.6) is 0 Å². The van der Waals surface area contributed by atoms with E-state index in [1.807, 2.05) is 0 Å². The van der Waals surface area contributed by atoms with Gasteiger partial charge in [0.2, 0.25) is 5.82 Å². The largest absolute Gasteiger partial charge is 0.475 e. The zero-order chi connectivity index (χ0) is 11.7. The van der Waals surface area contributed by atoms with E-state index >= 15 is 0 Å². The van der Waals surface area contributed by atoms with E-state index in [0.29, 0.717) is 10.7 Å². The van der Waals surface area contributed by atoms with Gasteiger partial charge in [-0.15, -0.1) is 0 Å². The van der Waals surface area contributed by atoms with Crippen LogP contribution < -0.4 is 0 Å². The lowest BCUT2D eigenvalue weighted by Gasteiger charge is -1.97. The molecule has 0 aliphatic heterocycles. The first kappa shape index (κ1) is 10.7. The third kappa shape index (κ3) is 1.92. The van der Waals surface area contributed by atoms with Crippen molar-refractivity contribution in [1.29, 1.82) is 0 Å². The fourth-order valence-corrected chi connectivity index (χ4v) is 1.58. The minimum atomic E-state index is -1.07. The summed E-state index contributed by atoms with van der Waals surface area (Å²) < 4.78 is 0. The highest BCUT2D eigenvalue weighted by molar-refractivity contribution is 6.30. The second-order valence-electron chi connectivity index (χ2n) is 3.37. The van der Waals surface area contributed by atoms with E-state index in [9.17, 15) is 4.79 Å². The molecule has 82 valence electrons. The summed E-state index contributed by atoms with van der Waals surface area (Å²) in [5, 5.41) is 9.43. The van der Waals surface area contributed by atoms with Crippen LogP contribution in [0.4, 0.5) is 0 Å². The number of nitrogens with zero attached hydrogens (tertiary/aromatic N) is 1. The van der Waals surface area contributed by atoms with Gasteiger partial charge in [0.05, 0.1) is 5.69 Å². The number of carbonyl (C=O) groups is 1. The van der Waals surface area contributed by atoms with Crippen molar-refractivity contribution in [1.82, 2.24) is 9.97 Å². The van der Waals surface area contributed by atoms with Crippen LogP contribution in [0.1, 0.15) is 16.3 Å². The Bertz CT molecular complexity index is 531. The van der Waals surface area contributed by atoms with Crippen LogP contribution >= 0.6 is 11.6 Å². The Morgan fingerprint density at radius 2 is 2.00 bits per heavy atom. The molecule has 0 unspecified atom stereocenters. The highest BCUT2D eigenvalue weighted by atomic mass is 35.5. The van der Waals surface area contributed by atoms with Gasteiger partial charge in [-0.1, -0.05) is 23.7 Å². The van der Waals surface area contributed by atoms with Crippen molar-refractivity contribution in [3.63, 3.8) is 0 Å². The molecule has 2 aromatic rings. The fraction of sp³-hybridized carbons (Fsp3) is 0.0909. The van der Waals surface area contributed by atoms with Crippen LogP contribution in [-0.4, -0.2) is 21.0 Å². The van der Waals surface area contributed by atoms with E-state index in [2.05, 4.69) is 9.97 Å². The molecule has 0 fully saturated rings. The number of hydrogen-bond acceptors (Lipinski definition) is 2. The third-order valence-electron chi connectivity index (χ3n) is 2.20. The Kier molecular flexibility index (Phi) is 2.66. The van der Waals surface area contributed by atoms with E-state index in [0.717, 1.165) is 11.3 Å². The van der Waals surface area contributed by atoms with Crippen LogP contribution in [0.2, 0.25) is 5.02 Å². The van der Waals surface area contributed by atoms with Crippen molar-refractivity contribution in [2.24, 2.45) is 0 Å². The molecule has 0 saturated carbocycles. The summed E-state index contributed by atoms with van der Waals surface area (Å²) in [6, 6.07) is 7.09. The number of aromatic carboxylic acids is 1. The Balaban J connectivity index is 2.47. The van der Waals surface area contributed by atoms with Crippen molar-refractivity contribution < 1.29 is 9.90 Å². The number of aromatic amines is 1. The number of rotatable bonds is 2. The lowest BCUT2D eigenvalue weighted by molar-refractivity contribution is 0.0684. The number of carboxylic acid groups (broad SMARTS) is 1. The summed E-state index contributed by atoms with van der Waals surface area (Å²) in [5.74, 6) is -1.12.